The molecule has 0 atom stereocenters. The lowest BCUT2D eigenvalue weighted by molar-refractivity contribution is 0.306. The maximum Gasteiger partial charge on any atom is 0.127 e. The third-order valence-electron chi connectivity index (χ3n) is 3.68. The minimum atomic E-state index is 0.511. The molecule has 0 aliphatic rings. The summed E-state index contributed by atoms with van der Waals surface area (Å²) in [6, 6.07) is 23.8. The van der Waals surface area contributed by atoms with Crippen molar-refractivity contribution in [1.29, 1.82) is 0 Å². The van der Waals surface area contributed by atoms with Crippen LogP contribution in [-0.2, 0) is 6.61 Å². The molecule has 0 unspecified atom stereocenters. The molecule has 0 heterocycles. The van der Waals surface area contributed by atoms with Crippen LogP contribution in [0.15, 0.2) is 72.8 Å². The quantitative estimate of drug-likeness (QED) is 0.656. The molecule has 3 heteroatoms. The summed E-state index contributed by atoms with van der Waals surface area (Å²) in [6.07, 6.45) is 0. The van der Waals surface area contributed by atoms with Crippen molar-refractivity contribution < 1.29 is 9.47 Å². The van der Waals surface area contributed by atoms with Gasteiger partial charge in [-0.2, -0.15) is 0 Å². The average molecular weight is 319 g/mol. The van der Waals surface area contributed by atoms with E-state index in [2.05, 4.69) is 0 Å². The van der Waals surface area contributed by atoms with Crippen LogP contribution in [0.4, 0.5) is 5.69 Å². The Morgan fingerprint density at radius 2 is 1.58 bits per heavy atom. The summed E-state index contributed by atoms with van der Waals surface area (Å²) in [7, 11) is 0. The summed E-state index contributed by atoms with van der Waals surface area (Å²) < 4.78 is 11.6. The van der Waals surface area contributed by atoms with Gasteiger partial charge in [-0.05, 0) is 36.2 Å². The first-order valence-electron chi connectivity index (χ1n) is 8.06. The normalized spacial score (nSPS) is 10.4. The van der Waals surface area contributed by atoms with Crippen LogP contribution in [0.25, 0.3) is 11.1 Å². The van der Waals surface area contributed by atoms with Crippen molar-refractivity contribution in [2.24, 2.45) is 0 Å². The Hall–Kier alpha value is -2.94. The Morgan fingerprint density at radius 1 is 0.833 bits per heavy atom. The van der Waals surface area contributed by atoms with Gasteiger partial charge in [-0.3, -0.25) is 0 Å². The van der Waals surface area contributed by atoms with E-state index in [0.717, 1.165) is 28.2 Å². The highest BCUT2D eigenvalue weighted by atomic mass is 16.5. The molecular weight excluding hydrogens is 298 g/mol. The molecule has 3 nitrogen and oxygen atoms in total. The molecule has 3 aromatic rings. The molecule has 0 bridgehead atoms. The topological polar surface area (TPSA) is 44.5 Å². The molecule has 0 saturated carbocycles. The maximum absolute atomic E-state index is 6.07. The van der Waals surface area contributed by atoms with Gasteiger partial charge in [0.1, 0.15) is 18.1 Å². The van der Waals surface area contributed by atoms with Gasteiger partial charge < -0.3 is 15.2 Å². The largest absolute Gasteiger partial charge is 0.493 e. The van der Waals surface area contributed by atoms with Gasteiger partial charge in [0.25, 0.3) is 0 Å². The molecule has 0 aromatic heterocycles. The molecule has 0 amide bonds. The number of ether oxygens (including phenoxy) is 2. The summed E-state index contributed by atoms with van der Waals surface area (Å²) >= 11 is 0. The van der Waals surface area contributed by atoms with Crippen molar-refractivity contribution in [2.45, 2.75) is 13.5 Å². The fraction of sp³-hybridized carbons (Fsp3) is 0.143. The Morgan fingerprint density at radius 3 is 2.38 bits per heavy atom. The zero-order valence-electron chi connectivity index (χ0n) is 13.7. The van der Waals surface area contributed by atoms with Crippen molar-refractivity contribution in [2.75, 3.05) is 12.3 Å². The van der Waals surface area contributed by atoms with E-state index in [1.54, 1.807) is 0 Å². The average Bonchev–Trinajstić information content (AvgIpc) is 2.61. The van der Waals surface area contributed by atoms with Crippen LogP contribution >= 0.6 is 0 Å². The molecule has 3 aromatic carbocycles. The highest BCUT2D eigenvalue weighted by Gasteiger charge is 2.08. The number of rotatable bonds is 6. The van der Waals surface area contributed by atoms with E-state index in [9.17, 15) is 0 Å². The highest BCUT2D eigenvalue weighted by molar-refractivity contribution is 5.74. The zero-order chi connectivity index (χ0) is 16.8. The van der Waals surface area contributed by atoms with Crippen LogP contribution in [0.1, 0.15) is 12.5 Å². The molecule has 0 radical (unpaired) electrons. The summed E-state index contributed by atoms with van der Waals surface area (Å²) in [4.78, 5) is 0. The van der Waals surface area contributed by atoms with E-state index in [1.807, 2.05) is 79.7 Å². The van der Waals surface area contributed by atoms with E-state index >= 15 is 0 Å². The van der Waals surface area contributed by atoms with Gasteiger partial charge >= 0.3 is 0 Å². The van der Waals surface area contributed by atoms with Gasteiger partial charge in [0.15, 0.2) is 0 Å². The first kappa shape index (κ1) is 15.9. The van der Waals surface area contributed by atoms with Crippen molar-refractivity contribution in [3.63, 3.8) is 0 Å². The van der Waals surface area contributed by atoms with Crippen molar-refractivity contribution in [3.8, 4) is 22.6 Å². The van der Waals surface area contributed by atoms with Crippen molar-refractivity contribution in [3.05, 3.63) is 78.4 Å². The van der Waals surface area contributed by atoms with Gasteiger partial charge in [0.2, 0.25) is 0 Å². The minimum absolute atomic E-state index is 0.511. The van der Waals surface area contributed by atoms with Crippen LogP contribution in [0.3, 0.4) is 0 Å². The lowest BCUT2D eigenvalue weighted by atomic mass is 10.0. The van der Waals surface area contributed by atoms with Gasteiger partial charge in [0.05, 0.1) is 6.61 Å². The van der Waals surface area contributed by atoms with Gasteiger partial charge in [-0.25, -0.2) is 0 Å². The van der Waals surface area contributed by atoms with Crippen LogP contribution in [0, 0.1) is 0 Å². The number of hydrogen-bond donors (Lipinski definition) is 1. The van der Waals surface area contributed by atoms with E-state index in [1.165, 1.54) is 0 Å². The lowest BCUT2D eigenvalue weighted by Gasteiger charge is -2.13. The van der Waals surface area contributed by atoms with Crippen molar-refractivity contribution in [1.82, 2.24) is 0 Å². The van der Waals surface area contributed by atoms with Crippen LogP contribution < -0.4 is 15.2 Å². The fourth-order valence-electron chi connectivity index (χ4n) is 2.59. The molecule has 122 valence electrons. The molecule has 0 aliphatic carbocycles. The van der Waals surface area contributed by atoms with Crippen LogP contribution in [0.2, 0.25) is 0 Å². The second-order valence-electron chi connectivity index (χ2n) is 5.49. The number of anilines is 1. The molecule has 0 spiro atoms. The first-order chi connectivity index (χ1) is 11.8. The number of benzene rings is 3. The fourth-order valence-corrected chi connectivity index (χ4v) is 2.59. The highest BCUT2D eigenvalue weighted by Crippen LogP contribution is 2.34. The molecule has 3 rings (SSSR count). The molecule has 2 N–H and O–H groups in total. The van der Waals surface area contributed by atoms with Crippen LogP contribution in [0.5, 0.6) is 11.5 Å². The summed E-state index contributed by atoms with van der Waals surface area (Å²) in [5.74, 6) is 1.60. The Balaban J connectivity index is 1.86. The summed E-state index contributed by atoms with van der Waals surface area (Å²) in [5, 5.41) is 0. The second kappa shape index (κ2) is 7.55. The van der Waals surface area contributed by atoms with Gasteiger partial charge in [0, 0.05) is 17.3 Å². The molecule has 0 saturated heterocycles. The molecule has 24 heavy (non-hydrogen) atoms. The van der Waals surface area contributed by atoms with E-state index < -0.39 is 0 Å². The van der Waals surface area contributed by atoms with Gasteiger partial charge in [-0.1, -0.05) is 48.5 Å². The third kappa shape index (κ3) is 3.87. The minimum Gasteiger partial charge on any atom is -0.493 e. The molecule has 0 fully saturated rings. The standard InChI is InChI=1S/C21H21NO2/c1-2-23-21-11-7-6-10-20(21)17-12-18(22)14-19(13-17)24-15-16-8-4-3-5-9-16/h3-14H,2,15,22H2,1H3. The number of nitrogen functional groups attached to an aromatic ring is 1. The van der Waals surface area contributed by atoms with E-state index in [4.69, 9.17) is 15.2 Å². The molecular formula is C21H21NO2. The third-order valence-corrected chi connectivity index (χ3v) is 3.68. The predicted molar refractivity (Wildman–Crippen MR) is 98.2 cm³/mol. The Labute approximate surface area is 142 Å². The zero-order valence-corrected chi connectivity index (χ0v) is 13.7. The predicted octanol–water partition coefficient (Wildman–Crippen LogP) is 4.91. The van der Waals surface area contributed by atoms with Gasteiger partial charge in [-0.15, -0.1) is 0 Å². The SMILES string of the molecule is CCOc1ccccc1-c1cc(N)cc(OCc2ccccc2)c1. The molecule has 0 aliphatic heterocycles. The number of nitrogens with two attached hydrogens (primary N) is 1. The van der Waals surface area contributed by atoms with E-state index in [0.29, 0.717) is 18.9 Å². The van der Waals surface area contributed by atoms with E-state index in [-0.39, 0.29) is 0 Å². The monoisotopic (exact) mass is 319 g/mol. The van der Waals surface area contributed by atoms with Crippen molar-refractivity contribution >= 4 is 5.69 Å². The first-order valence-corrected chi connectivity index (χ1v) is 8.06. The Bertz CT molecular complexity index is 800. The Kier molecular flexibility index (Phi) is 5.02. The number of hydrogen-bond acceptors (Lipinski definition) is 3. The summed E-state index contributed by atoms with van der Waals surface area (Å²) in [5.41, 5.74) is 9.86. The second-order valence-corrected chi connectivity index (χ2v) is 5.49. The smallest absolute Gasteiger partial charge is 0.127 e. The maximum atomic E-state index is 6.07. The summed E-state index contributed by atoms with van der Waals surface area (Å²) in [6.45, 7) is 3.11. The number of para-hydroxylation sites is 1. The van der Waals surface area contributed by atoms with Crippen LogP contribution in [-0.4, -0.2) is 6.61 Å². The lowest BCUT2D eigenvalue weighted by Crippen LogP contribution is -1.98.